The minimum Gasteiger partial charge on any atom is -0.391 e. The lowest BCUT2D eigenvalue weighted by Crippen LogP contribution is -2.58. The predicted molar refractivity (Wildman–Crippen MR) is 375 cm³/mol. The third-order valence-corrected chi connectivity index (χ3v) is 25.2. The lowest BCUT2D eigenvalue weighted by Gasteiger charge is -2.56. The number of nitrogens with zero attached hydrogens (tertiary/aromatic N) is 9. The SMILES string of the molecule is CC1=C(Nc2nc3ccccc3s2)N=IC2=C1CCCN2c1ccc(-c2cnn(CC3CC4(C)CC5(C)CC3CC(OCCN3CCCC3)(C4)C5)c2C)c(C(=O)NCCC(=O)N[C@H](C(=O)N2C[C@@H](O)C[C@H]2C(=O)N[C@H](C)c2ccc(-c3scnc3C)cc2)C(C)(C)C)n1. The predicted octanol–water partition coefficient (Wildman–Crippen LogP) is 12.6. The van der Waals surface area contributed by atoms with E-state index in [1.807, 2.05) is 101 Å². The van der Waals surface area contributed by atoms with Crippen molar-refractivity contribution in [2.75, 3.05) is 56.1 Å². The number of carbonyl (C=O) groups is 4. The first-order valence-corrected chi connectivity index (χ1v) is 37.2. The molecular weight excluding hydrogens is 1320 g/mol. The van der Waals surface area contributed by atoms with E-state index in [1.54, 1.807) is 22.7 Å². The second-order valence-electron chi connectivity index (χ2n) is 29.4. The van der Waals surface area contributed by atoms with Gasteiger partial charge in [-0.15, -0.1) is 11.3 Å². The van der Waals surface area contributed by atoms with Crippen LogP contribution in [0.25, 0.3) is 31.8 Å². The highest BCUT2D eigenvalue weighted by Crippen LogP contribution is 2.66. The van der Waals surface area contributed by atoms with Crippen molar-refractivity contribution in [3.8, 4) is 21.6 Å². The van der Waals surface area contributed by atoms with Gasteiger partial charge in [-0.3, -0.25) is 23.9 Å². The largest absolute Gasteiger partial charge is 0.391 e. The van der Waals surface area contributed by atoms with Crippen molar-refractivity contribution in [3.63, 3.8) is 0 Å². The number of ether oxygens (including phenoxy) is 1. The molecule has 2 saturated heterocycles. The van der Waals surface area contributed by atoms with Crippen LogP contribution >= 0.6 is 43.7 Å². The number of nitrogens with one attached hydrogen (secondary N) is 4. The second-order valence-corrected chi connectivity index (χ2v) is 33.3. The van der Waals surface area contributed by atoms with E-state index >= 15 is 4.79 Å². The fourth-order valence-corrected chi connectivity index (χ4v) is 21.2. The van der Waals surface area contributed by atoms with Gasteiger partial charge in [-0.1, -0.05) is 82.4 Å². The molecule has 0 spiro atoms. The molecule has 19 nitrogen and oxygen atoms in total. The maximum Gasteiger partial charge on any atom is 0.270 e. The van der Waals surface area contributed by atoms with Crippen molar-refractivity contribution in [1.29, 1.82) is 0 Å². The molecule has 4 amide bonds. The van der Waals surface area contributed by atoms with Gasteiger partial charge in [0.1, 0.15) is 29.4 Å². The Morgan fingerprint density at radius 1 is 0.892 bits per heavy atom. The first kappa shape index (κ1) is 65.4. The van der Waals surface area contributed by atoms with E-state index in [-0.39, 0.29) is 60.0 Å². The highest BCUT2D eigenvalue weighted by atomic mass is 127. The number of aliphatic hydroxyl groups excluding tert-OH is 1. The van der Waals surface area contributed by atoms with Gasteiger partial charge in [0.15, 0.2) is 5.13 Å². The van der Waals surface area contributed by atoms with Gasteiger partial charge in [0.05, 0.1) is 81.6 Å². The zero-order valence-corrected chi connectivity index (χ0v) is 59.0. The molecule has 4 aromatic heterocycles. The smallest absolute Gasteiger partial charge is 0.270 e. The molecule has 4 aliphatic carbocycles. The Morgan fingerprint density at radius 3 is 2.42 bits per heavy atom. The molecule has 4 saturated carbocycles. The molecule has 4 aliphatic heterocycles. The molecule has 494 valence electrons. The zero-order valence-electron chi connectivity index (χ0n) is 55.2. The number of carbonyl (C=O) groups excluding carboxylic acids is 4. The number of halogens is 1. The molecule has 14 rings (SSSR count). The summed E-state index contributed by atoms with van der Waals surface area (Å²) in [5.41, 5.74) is 10.2. The van der Waals surface area contributed by atoms with E-state index in [1.165, 1.54) is 49.2 Å². The molecule has 5 unspecified atom stereocenters. The summed E-state index contributed by atoms with van der Waals surface area (Å²) in [6.07, 6.45) is 12.1. The van der Waals surface area contributed by atoms with Crippen molar-refractivity contribution >= 4 is 88.5 Å². The fourth-order valence-electron chi connectivity index (χ4n) is 16.9. The monoisotopic (exact) mass is 1410 g/mol. The molecule has 6 aromatic rings. The maximum atomic E-state index is 15.1. The van der Waals surface area contributed by atoms with E-state index in [4.69, 9.17) is 22.9 Å². The standard InChI is InChI=1S/C71H90IN13O6S2/c1-42-51-15-14-28-83(62(51)72-81-63(42)80-67-77-54-16-10-11-17-56(54)93-67)57-23-22-52(53-35-75-85(45(53)4)36-49-33-70(9)38-69(8)32-48(49)34-71(39-69,40-70)91-30-29-82-26-12-13-27-82)59(78-57)65(89)73-25-24-58(87)79-61(68(5,6)7)66(90)84-37-50(86)31-55(84)64(88)76-43(2)46-18-20-47(21-19-46)60-44(3)74-41-92-60/h10-11,16-23,35,41,43,48-50,55,61,86H,12-15,24-34,36-40H2,1-9H3,(H,73,89)(H,76,88)(H,79,87)(H,77,80,81)/t43-,48?,49?,50+,55+,61-,69?,70?,71?/m1/s1. The number of aliphatic hydroxyl groups is 1. The van der Waals surface area contributed by atoms with Gasteiger partial charge >= 0.3 is 0 Å². The van der Waals surface area contributed by atoms with E-state index in [9.17, 15) is 19.5 Å². The van der Waals surface area contributed by atoms with Crippen molar-refractivity contribution < 1.29 is 29.0 Å². The Bertz CT molecular complexity index is 3910. The molecule has 5 N–H and O–H groups in total. The van der Waals surface area contributed by atoms with Crippen LogP contribution in [0.1, 0.15) is 159 Å². The number of benzene rings is 2. The number of hydrogen-bond donors (Lipinski definition) is 5. The number of hydrogen-bond acceptors (Lipinski definition) is 16. The molecular formula is C71H90IN13O6S2. The van der Waals surface area contributed by atoms with Crippen LogP contribution in [0.15, 0.2) is 96.2 Å². The first-order valence-electron chi connectivity index (χ1n) is 33.5. The van der Waals surface area contributed by atoms with E-state index in [0.717, 1.165) is 128 Å². The number of fused-ring (bicyclic) bond motifs is 2. The number of aromatic nitrogens is 5. The Labute approximate surface area is 564 Å². The summed E-state index contributed by atoms with van der Waals surface area (Å²) in [7, 11) is 0. The number of β-amino-alcohol motifs (C(OH)–C–C–N with tert-alkyl or cyclic N) is 1. The summed E-state index contributed by atoms with van der Waals surface area (Å²) in [4.78, 5) is 79.8. The Hall–Kier alpha value is -6.31. The highest BCUT2D eigenvalue weighted by molar-refractivity contribution is 14.2. The average Bonchev–Trinajstić information content (AvgIpc) is 1.63. The topological polar surface area (TPSA) is 224 Å². The van der Waals surface area contributed by atoms with Gasteiger partial charge in [0, 0.05) is 62.4 Å². The number of allylic oxidation sites excluding steroid dienone is 2. The van der Waals surface area contributed by atoms with E-state index < -0.39 is 62.4 Å². The number of amides is 4. The van der Waals surface area contributed by atoms with Gasteiger partial charge < -0.3 is 45.8 Å². The summed E-state index contributed by atoms with van der Waals surface area (Å²) in [6.45, 7) is 24.3. The molecule has 22 heteroatoms. The lowest BCUT2D eigenvalue weighted by atomic mass is 9.53. The normalized spacial score (nSPS) is 26.1. The number of anilines is 2. The maximum absolute atomic E-state index is 15.1. The van der Waals surface area contributed by atoms with Gasteiger partial charge in [-0.2, -0.15) is 5.10 Å². The molecule has 2 aromatic carbocycles. The van der Waals surface area contributed by atoms with Crippen LogP contribution in [0.5, 0.6) is 0 Å². The van der Waals surface area contributed by atoms with Crippen LogP contribution in [0, 0.1) is 41.9 Å². The van der Waals surface area contributed by atoms with Crippen LogP contribution in [0.2, 0.25) is 0 Å². The third kappa shape index (κ3) is 13.8. The molecule has 0 radical (unpaired) electrons. The Morgan fingerprint density at radius 2 is 1.67 bits per heavy atom. The number of para-hydroxylation sites is 1. The molecule has 8 aliphatic rings. The van der Waals surface area contributed by atoms with Gasteiger partial charge in [-0.05, 0) is 180 Å². The van der Waals surface area contributed by atoms with Crippen molar-refractivity contribution in [1.82, 2.24) is 50.5 Å². The zero-order chi connectivity index (χ0) is 65.1. The van der Waals surface area contributed by atoms with Crippen LogP contribution in [-0.4, -0.2) is 133 Å². The molecule has 93 heavy (non-hydrogen) atoms. The summed E-state index contributed by atoms with van der Waals surface area (Å²) in [5.74, 6) is 0.702. The number of thiazole rings is 2. The number of aryl methyl sites for hydroxylation is 1. The van der Waals surface area contributed by atoms with Crippen LogP contribution in [-0.2, 0) is 25.7 Å². The highest BCUT2D eigenvalue weighted by Gasteiger charge is 2.60. The number of pyridine rings is 1. The Balaban J connectivity index is 0.724. The van der Waals surface area contributed by atoms with E-state index in [2.05, 4.69) is 74.5 Å². The minimum atomic E-state index is -1.05. The quantitative estimate of drug-likeness (QED) is 0.0355. The number of rotatable bonds is 20. The average molecular weight is 1410 g/mol. The molecule has 4 bridgehead atoms. The van der Waals surface area contributed by atoms with Gasteiger partial charge in [0.2, 0.25) is 17.7 Å². The summed E-state index contributed by atoms with van der Waals surface area (Å²) >= 11 is 2.32. The summed E-state index contributed by atoms with van der Waals surface area (Å²) < 4.78 is 16.7. The van der Waals surface area contributed by atoms with Crippen molar-refractivity contribution in [2.45, 2.75) is 176 Å². The van der Waals surface area contributed by atoms with Crippen LogP contribution in [0.4, 0.5) is 10.9 Å². The summed E-state index contributed by atoms with van der Waals surface area (Å²) in [6, 6.07) is 17.8. The van der Waals surface area contributed by atoms with Gasteiger partial charge in [0.25, 0.3) is 5.91 Å². The van der Waals surface area contributed by atoms with Crippen LogP contribution in [0.3, 0.4) is 0 Å². The fraction of sp³-hybridized carbons (Fsp3) is 0.549. The second kappa shape index (κ2) is 26.4. The first-order chi connectivity index (χ1) is 44.5. The lowest BCUT2D eigenvalue weighted by molar-refractivity contribution is -0.165. The molecule has 6 fully saturated rings. The molecule has 8 heterocycles. The van der Waals surface area contributed by atoms with Crippen LogP contribution < -0.4 is 26.2 Å². The molecule has 9 atom stereocenters. The minimum absolute atomic E-state index is 0.0442. The number of likely N-dealkylation sites (tertiary alicyclic amines) is 2. The summed E-state index contributed by atoms with van der Waals surface area (Å²) in [5, 5.41) is 29.6. The van der Waals surface area contributed by atoms with Crippen molar-refractivity contribution in [2.24, 2.45) is 31.2 Å². The Kier molecular flexibility index (Phi) is 18.5. The third-order valence-electron chi connectivity index (χ3n) is 20.9. The van der Waals surface area contributed by atoms with E-state index in [0.29, 0.717) is 23.2 Å². The van der Waals surface area contributed by atoms with Gasteiger partial charge in [-0.25, -0.2) is 18.1 Å². The van der Waals surface area contributed by atoms with Crippen molar-refractivity contribution in [3.05, 3.63) is 116 Å².